The number of benzene rings is 2. The van der Waals surface area contributed by atoms with Gasteiger partial charge in [0.1, 0.15) is 0 Å². The monoisotopic (exact) mass is 322 g/mol. The summed E-state index contributed by atoms with van der Waals surface area (Å²) in [5.74, 6) is 0. The van der Waals surface area contributed by atoms with Gasteiger partial charge in [-0.25, -0.2) is 0 Å². The van der Waals surface area contributed by atoms with Crippen LogP contribution >= 0.6 is 11.3 Å². The van der Waals surface area contributed by atoms with Crippen molar-refractivity contribution in [3.05, 3.63) is 56.6 Å². The zero-order chi connectivity index (χ0) is 17.0. The molecular weight excluding hydrogens is 296 g/mol. The third-order valence-corrected chi connectivity index (χ3v) is 7.20. The molecular formula is C22H26S. The third kappa shape index (κ3) is 2.33. The second kappa shape index (κ2) is 5.49. The minimum Gasteiger partial charge on any atom is -0.135 e. The van der Waals surface area contributed by atoms with E-state index in [0.717, 1.165) is 0 Å². The van der Waals surface area contributed by atoms with Crippen molar-refractivity contribution in [2.24, 2.45) is 0 Å². The Balaban J connectivity index is 2.36. The highest BCUT2D eigenvalue weighted by Crippen LogP contribution is 2.41. The fraction of sp³-hybridized carbons (Fsp3) is 0.364. The summed E-state index contributed by atoms with van der Waals surface area (Å²) in [4.78, 5) is 1.40. The highest BCUT2D eigenvalue weighted by atomic mass is 32.1. The minimum atomic E-state index is 1.39. The van der Waals surface area contributed by atoms with Gasteiger partial charge in [0.05, 0.1) is 0 Å². The SMILES string of the molecule is Cc1cc(-c2cc3c(C)c(C)c(C)c(C)c3s2)c(C)c(C)c1C. The maximum atomic E-state index is 2.41. The number of thiophene rings is 1. The standard InChI is InChI=1S/C22H26S/c1-11-9-19(16(6)13(3)12(11)2)21-10-20-17(7)14(4)15(5)18(8)22(20)23-21/h9-10H,1-8H3. The Kier molecular flexibility index (Phi) is 3.88. The first-order valence-corrected chi connectivity index (χ1v) is 9.13. The van der Waals surface area contributed by atoms with Gasteiger partial charge in [-0.1, -0.05) is 6.07 Å². The van der Waals surface area contributed by atoms with E-state index in [-0.39, 0.29) is 0 Å². The first kappa shape index (κ1) is 16.3. The van der Waals surface area contributed by atoms with Crippen LogP contribution in [0, 0.1) is 55.4 Å². The maximum absolute atomic E-state index is 2.41. The van der Waals surface area contributed by atoms with Crippen LogP contribution in [-0.4, -0.2) is 0 Å². The highest BCUT2D eigenvalue weighted by Gasteiger charge is 2.16. The summed E-state index contributed by atoms with van der Waals surface area (Å²) in [7, 11) is 0. The summed E-state index contributed by atoms with van der Waals surface area (Å²) in [5, 5.41) is 1.43. The zero-order valence-corrected chi connectivity index (χ0v) is 16.4. The lowest BCUT2D eigenvalue weighted by atomic mass is 9.93. The van der Waals surface area contributed by atoms with Gasteiger partial charge in [-0.05, 0) is 117 Å². The summed E-state index contributed by atoms with van der Waals surface area (Å²) in [5.41, 5.74) is 12.8. The predicted octanol–water partition coefficient (Wildman–Crippen LogP) is 7.04. The summed E-state index contributed by atoms with van der Waals surface area (Å²) < 4.78 is 1.45. The Hall–Kier alpha value is -1.60. The molecule has 1 heterocycles. The molecule has 23 heavy (non-hydrogen) atoms. The smallest absolute Gasteiger partial charge is 0.0384 e. The first-order valence-electron chi connectivity index (χ1n) is 8.31. The lowest BCUT2D eigenvalue weighted by molar-refractivity contribution is 1.22. The van der Waals surface area contributed by atoms with E-state index in [9.17, 15) is 0 Å². The van der Waals surface area contributed by atoms with Gasteiger partial charge in [0, 0.05) is 9.58 Å². The first-order chi connectivity index (χ1) is 10.7. The van der Waals surface area contributed by atoms with Crippen molar-refractivity contribution >= 4 is 21.4 Å². The van der Waals surface area contributed by atoms with E-state index in [1.165, 1.54) is 65.0 Å². The lowest BCUT2D eigenvalue weighted by Crippen LogP contribution is -1.93. The molecule has 0 N–H and O–H groups in total. The van der Waals surface area contributed by atoms with Crippen LogP contribution < -0.4 is 0 Å². The zero-order valence-electron chi connectivity index (χ0n) is 15.6. The molecule has 0 atom stereocenters. The average Bonchev–Trinajstić information content (AvgIpc) is 2.97. The molecule has 0 radical (unpaired) electrons. The number of rotatable bonds is 1. The van der Waals surface area contributed by atoms with Crippen LogP contribution in [0.15, 0.2) is 12.1 Å². The van der Waals surface area contributed by atoms with Gasteiger partial charge in [-0.2, -0.15) is 0 Å². The molecule has 0 unspecified atom stereocenters. The molecule has 3 aromatic rings. The van der Waals surface area contributed by atoms with Gasteiger partial charge in [-0.3, -0.25) is 0 Å². The van der Waals surface area contributed by atoms with Crippen LogP contribution in [0.25, 0.3) is 20.5 Å². The molecule has 0 nitrogen and oxygen atoms in total. The Labute approximate surface area is 144 Å². The average molecular weight is 323 g/mol. The molecule has 0 aliphatic heterocycles. The molecule has 3 rings (SSSR count). The predicted molar refractivity (Wildman–Crippen MR) is 105 cm³/mol. The molecule has 0 aliphatic rings. The van der Waals surface area contributed by atoms with E-state index in [4.69, 9.17) is 0 Å². The van der Waals surface area contributed by atoms with Gasteiger partial charge < -0.3 is 0 Å². The highest BCUT2D eigenvalue weighted by molar-refractivity contribution is 7.22. The van der Waals surface area contributed by atoms with Crippen molar-refractivity contribution in [2.45, 2.75) is 55.4 Å². The lowest BCUT2D eigenvalue weighted by Gasteiger charge is -2.13. The second-order valence-electron chi connectivity index (χ2n) is 6.97. The molecule has 0 saturated carbocycles. The van der Waals surface area contributed by atoms with Crippen LogP contribution in [0.1, 0.15) is 44.5 Å². The van der Waals surface area contributed by atoms with E-state index in [1.54, 1.807) is 0 Å². The van der Waals surface area contributed by atoms with Crippen molar-refractivity contribution in [2.75, 3.05) is 0 Å². The van der Waals surface area contributed by atoms with Gasteiger partial charge in [-0.15, -0.1) is 11.3 Å². The molecule has 1 aromatic heterocycles. The topological polar surface area (TPSA) is 0 Å². The Bertz CT molecular complexity index is 894. The van der Waals surface area contributed by atoms with E-state index < -0.39 is 0 Å². The largest absolute Gasteiger partial charge is 0.135 e. The van der Waals surface area contributed by atoms with Crippen LogP contribution in [0.2, 0.25) is 0 Å². The quantitative estimate of drug-likeness (QED) is 0.451. The summed E-state index contributed by atoms with van der Waals surface area (Å²) in [6, 6.07) is 4.78. The third-order valence-electron chi connectivity index (χ3n) is 5.91. The number of aryl methyl sites for hydroxylation is 3. The Morgan fingerprint density at radius 1 is 0.565 bits per heavy atom. The van der Waals surface area contributed by atoms with Crippen molar-refractivity contribution in [1.29, 1.82) is 0 Å². The molecule has 0 bridgehead atoms. The van der Waals surface area contributed by atoms with E-state index in [2.05, 4.69) is 67.5 Å². The van der Waals surface area contributed by atoms with E-state index in [0.29, 0.717) is 0 Å². The van der Waals surface area contributed by atoms with Crippen molar-refractivity contribution < 1.29 is 0 Å². The van der Waals surface area contributed by atoms with Crippen molar-refractivity contribution in [1.82, 2.24) is 0 Å². The van der Waals surface area contributed by atoms with Crippen molar-refractivity contribution in [3.63, 3.8) is 0 Å². The summed E-state index contributed by atoms with van der Waals surface area (Å²) in [6.07, 6.45) is 0. The summed E-state index contributed by atoms with van der Waals surface area (Å²) in [6.45, 7) is 18.0. The minimum absolute atomic E-state index is 1.39. The van der Waals surface area contributed by atoms with Crippen molar-refractivity contribution in [3.8, 4) is 10.4 Å². The maximum Gasteiger partial charge on any atom is 0.0384 e. The van der Waals surface area contributed by atoms with E-state index >= 15 is 0 Å². The summed E-state index contributed by atoms with van der Waals surface area (Å²) >= 11 is 1.95. The Morgan fingerprint density at radius 3 is 1.78 bits per heavy atom. The van der Waals surface area contributed by atoms with Gasteiger partial charge >= 0.3 is 0 Å². The normalized spacial score (nSPS) is 11.5. The van der Waals surface area contributed by atoms with Gasteiger partial charge in [0.15, 0.2) is 0 Å². The number of fused-ring (bicyclic) bond motifs is 1. The molecule has 0 amide bonds. The molecule has 0 fully saturated rings. The molecule has 120 valence electrons. The molecule has 0 spiro atoms. The van der Waals surface area contributed by atoms with Crippen LogP contribution in [0.5, 0.6) is 0 Å². The Morgan fingerprint density at radius 2 is 1.13 bits per heavy atom. The molecule has 1 heteroatoms. The molecule has 2 aromatic carbocycles. The molecule has 0 aliphatic carbocycles. The van der Waals surface area contributed by atoms with E-state index in [1.807, 2.05) is 11.3 Å². The number of hydrogen-bond donors (Lipinski definition) is 0. The van der Waals surface area contributed by atoms with Crippen LogP contribution in [0.4, 0.5) is 0 Å². The van der Waals surface area contributed by atoms with Crippen LogP contribution in [-0.2, 0) is 0 Å². The molecule has 0 saturated heterocycles. The van der Waals surface area contributed by atoms with Crippen LogP contribution in [0.3, 0.4) is 0 Å². The number of hydrogen-bond acceptors (Lipinski definition) is 1. The van der Waals surface area contributed by atoms with Gasteiger partial charge in [0.25, 0.3) is 0 Å². The van der Waals surface area contributed by atoms with Gasteiger partial charge in [0.2, 0.25) is 0 Å². The fourth-order valence-electron chi connectivity index (χ4n) is 3.48. The fourth-order valence-corrected chi connectivity index (χ4v) is 4.83. The second-order valence-corrected chi connectivity index (χ2v) is 8.02.